The van der Waals surface area contributed by atoms with Crippen LogP contribution >= 0.6 is 0 Å². The summed E-state index contributed by atoms with van der Waals surface area (Å²) in [4.78, 5) is 27.2. The number of benzene rings is 2. The van der Waals surface area contributed by atoms with Gasteiger partial charge in [-0.25, -0.2) is 0 Å². The van der Waals surface area contributed by atoms with E-state index < -0.39 is 11.1 Å². The van der Waals surface area contributed by atoms with E-state index in [1.807, 2.05) is 43.3 Å². The first-order valence-corrected chi connectivity index (χ1v) is 7.34. The Bertz CT molecular complexity index is 965. The number of hydrogen-bond donors (Lipinski definition) is 1. The Labute approximate surface area is 128 Å². The molecule has 0 atom stereocenters. The maximum Gasteiger partial charge on any atom is 0.321 e. The summed E-state index contributed by atoms with van der Waals surface area (Å²) in [6, 6.07) is 13.3. The van der Waals surface area contributed by atoms with Gasteiger partial charge < -0.3 is 4.98 Å². The van der Waals surface area contributed by atoms with E-state index in [2.05, 4.69) is 18.8 Å². The number of nitrogens with zero attached hydrogens (tertiary/aromatic N) is 1. The third kappa shape index (κ3) is 2.17. The van der Waals surface area contributed by atoms with Gasteiger partial charge in [-0.1, -0.05) is 44.2 Å². The fraction of sp³-hybridized carbons (Fsp3) is 0.222. The van der Waals surface area contributed by atoms with Crippen LogP contribution in [0.1, 0.15) is 30.9 Å². The first kappa shape index (κ1) is 14.3. The van der Waals surface area contributed by atoms with Crippen LogP contribution in [0.5, 0.6) is 0 Å². The predicted octanol–water partition coefficient (Wildman–Crippen LogP) is 3.11. The SMILES string of the molecule is Cc1cccc(C(C)C)c1-n1c(=O)c(=O)[nH]c2ccccc21. The Hall–Kier alpha value is -2.62. The molecule has 1 heterocycles. The molecule has 0 fully saturated rings. The number of H-pyrrole nitrogens is 1. The van der Waals surface area contributed by atoms with E-state index >= 15 is 0 Å². The van der Waals surface area contributed by atoms with Gasteiger partial charge in [0.25, 0.3) is 0 Å². The number of para-hydroxylation sites is 3. The number of aromatic amines is 1. The van der Waals surface area contributed by atoms with Crippen molar-refractivity contribution >= 4 is 11.0 Å². The lowest BCUT2D eigenvalue weighted by molar-refractivity contribution is 0.837. The molecule has 0 radical (unpaired) electrons. The maximum atomic E-state index is 12.5. The van der Waals surface area contributed by atoms with Gasteiger partial charge in [0.15, 0.2) is 0 Å². The van der Waals surface area contributed by atoms with Gasteiger partial charge in [0, 0.05) is 0 Å². The van der Waals surface area contributed by atoms with Crippen molar-refractivity contribution in [2.45, 2.75) is 26.7 Å². The van der Waals surface area contributed by atoms with Crippen molar-refractivity contribution in [3.63, 3.8) is 0 Å². The van der Waals surface area contributed by atoms with Crippen LogP contribution in [-0.4, -0.2) is 9.55 Å². The molecular formula is C18H18N2O2. The second-order valence-corrected chi connectivity index (χ2v) is 5.78. The van der Waals surface area contributed by atoms with Crippen molar-refractivity contribution in [2.75, 3.05) is 0 Å². The highest BCUT2D eigenvalue weighted by molar-refractivity contribution is 5.77. The third-order valence-electron chi connectivity index (χ3n) is 3.91. The summed E-state index contributed by atoms with van der Waals surface area (Å²) in [6.07, 6.45) is 0. The van der Waals surface area contributed by atoms with Crippen molar-refractivity contribution < 1.29 is 0 Å². The maximum absolute atomic E-state index is 12.5. The lowest BCUT2D eigenvalue weighted by Crippen LogP contribution is -2.36. The summed E-state index contributed by atoms with van der Waals surface area (Å²) < 4.78 is 1.54. The van der Waals surface area contributed by atoms with Gasteiger partial charge in [0.1, 0.15) is 0 Å². The highest BCUT2D eigenvalue weighted by Gasteiger charge is 2.16. The fourth-order valence-electron chi connectivity index (χ4n) is 2.84. The molecule has 1 N–H and O–H groups in total. The molecule has 0 aliphatic rings. The largest absolute Gasteiger partial charge is 0.321 e. The van der Waals surface area contributed by atoms with Crippen LogP contribution in [0.25, 0.3) is 16.7 Å². The van der Waals surface area contributed by atoms with E-state index in [9.17, 15) is 9.59 Å². The molecule has 0 aliphatic heterocycles. The van der Waals surface area contributed by atoms with Crippen molar-refractivity contribution in [3.8, 4) is 5.69 Å². The Morgan fingerprint density at radius 3 is 2.45 bits per heavy atom. The molecule has 0 spiro atoms. The lowest BCUT2D eigenvalue weighted by Gasteiger charge is -2.18. The van der Waals surface area contributed by atoms with E-state index in [1.165, 1.54) is 0 Å². The zero-order chi connectivity index (χ0) is 15.9. The molecular weight excluding hydrogens is 276 g/mol. The van der Waals surface area contributed by atoms with Crippen LogP contribution in [0.15, 0.2) is 52.1 Å². The lowest BCUT2D eigenvalue weighted by atomic mass is 9.98. The average Bonchev–Trinajstić information content (AvgIpc) is 2.49. The summed E-state index contributed by atoms with van der Waals surface area (Å²) in [5.41, 5.74) is 3.06. The second kappa shape index (κ2) is 5.30. The van der Waals surface area contributed by atoms with E-state index in [0.29, 0.717) is 11.0 Å². The van der Waals surface area contributed by atoms with E-state index in [-0.39, 0.29) is 5.92 Å². The molecule has 22 heavy (non-hydrogen) atoms. The zero-order valence-electron chi connectivity index (χ0n) is 12.9. The molecule has 0 saturated heterocycles. The molecule has 4 nitrogen and oxygen atoms in total. The van der Waals surface area contributed by atoms with Crippen LogP contribution < -0.4 is 11.1 Å². The van der Waals surface area contributed by atoms with E-state index in [0.717, 1.165) is 16.8 Å². The molecule has 0 unspecified atom stereocenters. The minimum Gasteiger partial charge on any atom is -0.316 e. The smallest absolute Gasteiger partial charge is 0.316 e. The number of aryl methyl sites for hydroxylation is 1. The topological polar surface area (TPSA) is 54.9 Å². The first-order valence-electron chi connectivity index (χ1n) is 7.34. The van der Waals surface area contributed by atoms with Gasteiger partial charge in [0.2, 0.25) is 0 Å². The van der Waals surface area contributed by atoms with Crippen molar-refractivity contribution in [1.29, 1.82) is 0 Å². The molecule has 0 aliphatic carbocycles. The zero-order valence-corrected chi connectivity index (χ0v) is 12.9. The van der Waals surface area contributed by atoms with Gasteiger partial charge in [-0.3, -0.25) is 14.2 Å². The molecule has 1 aromatic heterocycles. The second-order valence-electron chi connectivity index (χ2n) is 5.78. The standard InChI is InChI=1S/C18H18N2O2/c1-11(2)13-8-6-7-12(3)16(13)20-15-10-5-4-9-14(15)19-17(21)18(20)22/h4-11H,1-3H3,(H,19,21). The highest BCUT2D eigenvalue weighted by Crippen LogP contribution is 2.26. The number of hydrogen-bond acceptors (Lipinski definition) is 2. The van der Waals surface area contributed by atoms with Crippen LogP contribution in [0.4, 0.5) is 0 Å². The fourth-order valence-corrected chi connectivity index (χ4v) is 2.84. The number of aromatic nitrogens is 2. The minimum absolute atomic E-state index is 0.250. The van der Waals surface area contributed by atoms with Crippen LogP contribution in [0.3, 0.4) is 0 Å². The van der Waals surface area contributed by atoms with Gasteiger partial charge in [-0.05, 0) is 36.1 Å². The molecule has 0 amide bonds. The minimum atomic E-state index is -0.600. The van der Waals surface area contributed by atoms with Crippen LogP contribution in [0, 0.1) is 6.92 Å². The number of nitrogens with one attached hydrogen (secondary N) is 1. The van der Waals surface area contributed by atoms with Crippen molar-refractivity contribution in [2.24, 2.45) is 0 Å². The summed E-state index contributed by atoms with van der Waals surface area (Å²) in [6.45, 7) is 6.13. The Balaban J connectivity index is 2.54. The molecule has 0 saturated carbocycles. The molecule has 3 rings (SSSR count). The van der Waals surface area contributed by atoms with E-state index in [1.54, 1.807) is 10.6 Å². The number of rotatable bonds is 2. The molecule has 3 aromatic rings. The van der Waals surface area contributed by atoms with E-state index in [4.69, 9.17) is 0 Å². The van der Waals surface area contributed by atoms with Crippen molar-refractivity contribution in [3.05, 3.63) is 74.3 Å². The molecule has 4 heteroatoms. The Morgan fingerprint density at radius 2 is 1.73 bits per heavy atom. The Morgan fingerprint density at radius 1 is 1.00 bits per heavy atom. The summed E-state index contributed by atoms with van der Waals surface area (Å²) in [5.74, 6) is 0.250. The number of fused-ring (bicyclic) bond motifs is 1. The van der Waals surface area contributed by atoms with Gasteiger partial charge in [-0.15, -0.1) is 0 Å². The van der Waals surface area contributed by atoms with Crippen molar-refractivity contribution in [1.82, 2.24) is 9.55 Å². The monoisotopic (exact) mass is 294 g/mol. The third-order valence-corrected chi connectivity index (χ3v) is 3.91. The predicted molar refractivity (Wildman–Crippen MR) is 89.0 cm³/mol. The summed E-state index contributed by atoms with van der Waals surface area (Å²) in [7, 11) is 0. The van der Waals surface area contributed by atoms with Crippen LogP contribution in [-0.2, 0) is 0 Å². The summed E-state index contributed by atoms with van der Waals surface area (Å²) >= 11 is 0. The van der Waals surface area contributed by atoms with Gasteiger partial charge in [0.05, 0.1) is 16.7 Å². The average molecular weight is 294 g/mol. The first-order chi connectivity index (χ1) is 10.5. The Kier molecular flexibility index (Phi) is 3.45. The normalized spacial score (nSPS) is 11.3. The molecule has 112 valence electrons. The highest BCUT2D eigenvalue weighted by atomic mass is 16.2. The quantitative estimate of drug-likeness (QED) is 0.738. The molecule has 0 bridgehead atoms. The summed E-state index contributed by atoms with van der Waals surface area (Å²) in [5, 5.41) is 0. The van der Waals surface area contributed by atoms with Gasteiger partial charge >= 0.3 is 11.1 Å². The van der Waals surface area contributed by atoms with Crippen LogP contribution in [0.2, 0.25) is 0 Å². The molecule has 2 aromatic carbocycles. The van der Waals surface area contributed by atoms with Gasteiger partial charge in [-0.2, -0.15) is 0 Å².